The lowest BCUT2D eigenvalue weighted by Crippen LogP contribution is -2.27. The lowest BCUT2D eigenvalue weighted by Gasteiger charge is -2.16. The van der Waals surface area contributed by atoms with Gasteiger partial charge in [-0.15, -0.1) is 0 Å². The molecular formula is C24H24ClN7O2. The highest BCUT2D eigenvalue weighted by Crippen LogP contribution is 2.29. The van der Waals surface area contributed by atoms with Crippen molar-refractivity contribution < 1.29 is 9.59 Å². The fourth-order valence-corrected chi connectivity index (χ4v) is 4.38. The zero-order valence-corrected chi connectivity index (χ0v) is 19.7. The molecule has 1 atom stereocenters. The summed E-state index contributed by atoms with van der Waals surface area (Å²) in [7, 11) is 1.68. The van der Waals surface area contributed by atoms with Crippen LogP contribution in [0.25, 0.3) is 10.9 Å². The third-order valence-corrected chi connectivity index (χ3v) is 6.21. The Hall–Kier alpha value is -3.90. The summed E-state index contributed by atoms with van der Waals surface area (Å²) < 4.78 is 1.68. The first-order chi connectivity index (χ1) is 16.4. The Morgan fingerprint density at radius 3 is 2.85 bits per heavy atom. The van der Waals surface area contributed by atoms with E-state index in [1.165, 1.54) is 6.08 Å². The number of carbonyl (C=O) groups excluding carboxylic acids is 2. The van der Waals surface area contributed by atoms with Gasteiger partial charge in [-0.05, 0) is 42.5 Å². The Kier molecular flexibility index (Phi) is 6.52. The van der Waals surface area contributed by atoms with Crippen LogP contribution in [0.5, 0.6) is 0 Å². The molecule has 1 aromatic carbocycles. The maximum Gasteiger partial charge on any atom is 0.255 e. The summed E-state index contributed by atoms with van der Waals surface area (Å²) in [6.45, 7) is 6.59. The zero-order chi connectivity index (χ0) is 24.4. The molecule has 0 unspecified atom stereocenters. The van der Waals surface area contributed by atoms with Crippen molar-refractivity contribution in [3.05, 3.63) is 58.4 Å². The van der Waals surface area contributed by atoms with Crippen molar-refractivity contribution in [2.24, 2.45) is 5.73 Å². The molecule has 34 heavy (non-hydrogen) atoms. The third-order valence-electron chi connectivity index (χ3n) is 5.90. The van der Waals surface area contributed by atoms with Crippen LogP contribution < -0.4 is 11.1 Å². The topological polar surface area (TPSA) is 119 Å². The first kappa shape index (κ1) is 23.3. The first-order valence-corrected chi connectivity index (χ1v) is 11.2. The molecular weight excluding hydrogens is 454 g/mol. The molecule has 9 nitrogen and oxygen atoms in total. The molecule has 2 aromatic heterocycles. The van der Waals surface area contributed by atoms with Crippen molar-refractivity contribution in [3.63, 3.8) is 0 Å². The van der Waals surface area contributed by atoms with Gasteiger partial charge in [0.1, 0.15) is 11.4 Å². The second-order valence-electron chi connectivity index (χ2n) is 7.88. The normalized spacial score (nSPS) is 15.1. The minimum Gasteiger partial charge on any atom is -0.373 e. The number of hydrogen-bond acceptors (Lipinski definition) is 6. The van der Waals surface area contributed by atoms with Crippen molar-refractivity contribution in [2.45, 2.75) is 25.8 Å². The van der Waals surface area contributed by atoms with Crippen LogP contribution in [0.15, 0.2) is 31.0 Å². The second-order valence-corrected chi connectivity index (χ2v) is 8.29. The van der Waals surface area contributed by atoms with E-state index in [2.05, 4.69) is 39.0 Å². The fourth-order valence-electron chi connectivity index (χ4n) is 4.17. The molecule has 0 saturated carbocycles. The number of rotatable bonds is 5. The average Bonchev–Trinajstić information content (AvgIpc) is 3.46. The molecule has 0 radical (unpaired) electrons. The Morgan fingerprint density at radius 2 is 2.18 bits per heavy atom. The summed E-state index contributed by atoms with van der Waals surface area (Å²) in [6, 6.07) is 3.46. The van der Waals surface area contributed by atoms with E-state index in [0.717, 1.165) is 17.4 Å². The number of aryl methyl sites for hydroxylation is 1. The summed E-state index contributed by atoms with van der Waals surface area (Å²) in [6.07, 6.45) is 4.49. The summed E-state index contributed by atoms with van der Waals surface area (Å²) in [4.78, 5) is 26.0. The van der Waals surface area contributed by atoms with Crippen LogP contribution in [0.4, 0.5) is 5.82 Å². The van der Waals surface area contributed by atoms with Crippen LogP contribution in [0.2, 0.25) is 5.02 Å². The predicted molar refractivity (Wildman–Crippen MR) is 131 cm³/mol. The van der Waals surface area contributed by atoms with E-state index >= 15 is 0 Å². The van der Waals surface area contributed by atoms with Gasteiger partial charge in [-0.25, -0.2) is 4.68 Å². The van der Waals surface area contributed by atoms with Gasteiger partial charge < -0.3 is 16.0 Å². The fraction of sp³-hybridized carbons (Fsp3) is 0.292. The molecule has 1 saturated heterocycles. The first-order valence-electron chi connectivity index (χ1n) is 10.8. The number of primary amides is 1. The van der Waals surface area contributed by atoms with Gasteiger partial charge in [0.2, 0.25) is 5.91 Å². The van der Waals surface area contributed by atoms with Gasteiger partial charge in [-0.3, -0.25) is 9.59 Å². The molecule has 3 N–H and O–H groups in total. The number of anilines is 1. The number of hydrogen-bond donors (Lipinski definition) is 2. The number of carbonyl (C=O) groups is 2. The van der Waals surface area contributed by atoms with E-state index < -0.39 is 5.91 Å². The molecule has 10 heteroatoms. The zero-order valence-electron chi connectivity index (χ0n) is 18.9. The van der Waals surface area contributed by atoms with Crippen LogP contribution in [-0.4, -0.2) is 56.8 Å². The average molecular weight is 478 g/mol. The number of fused-ring (bicyclic) bond motifs is 1. The van der Waals surface area contributed by atoms with Crippen molar-refractivity contribution >= 4 is 40.1 Å². The smallest absolute Gasteiger partial charge is 0.255 e. The molecule has 4 rings (SSSR count). The second kappa shape index (κ2) is 9.53. The van der Waals surface area contributed by atoms with Crippen molar-refractivity contribution in [3.8, 4) is 11.8 Å². The van der Waals surface area contributed by atoms with Crippen molar-refractivity contribution in [2.75, 3.05) is 25.5 Å². The quantitative estimate of drug-likeness (QED) is 0.430. The maximum absolute atomic E-state index is 12.3. The SMILES string of the molecule is C=CC(=O)N1CC[C@H](n2nc(C#Cc3cc4nncc(CC)c4cc3Cl)c(C(N)=O)c2NC)C1. The van der Waals surface area contributed by atoms with Crippen molar-refractivity contribution in [1.82, 2.24) is 24.9 Å². The monoisotopic (exact) mass is 477 g/mol. The highest BCUT2D eigenvalue weighted by atomic mass is 35.5. The number of aromatic nitrogens is 4. The Balaban J connectivity index is 1.75. The number of nitrogens with two attached hydrogens (primary N) is 1. The molecule has 3 heterocycles. The van der Waals surface area contributed by atoms with Gasteiger partial charge >= 0.3 is 0 Å². The van der Waals surface area contributed by atoms with Gasteiger partial charge in [0.05, 0.1) is 22.8 Å². The standard InChI is InChI=1S/C24H24ClN7O2/c1-4-14-12-28-29-20-10-15(18(25)11-17(14)20)6-7-19-22(23(26)34)24(27-3)32(30-19)16-8-9-31(13-16)21(33)5-2/h5,10-12,16,27H,2,4,8-9,13H2,1,3H3,(H2,26,34)/t16-/m0/s1. The highest BCUT2D eigenvalue weighted by Gasteiger charge is 2.31. The summed E-state index contributed by atoms with van der Waals surface area (Å²) in [5.41, 5.74) is 8.37. The molecule has 1 aliphatic heterocycles. The number of amides is 2. The van der Waals surface area contributed by atoms with Crippen molar-refractivity contribution in [1.29, 1.82) is 0 Å². The van der Waals surface area contributed by atoms with Crippen LogP contribution in [-0.2, 0) is 11.2 Å². The Morgan fingerprint density at radius 1 is 1.38 bits per heavy atom. The van der Waals surface area contributed by atoms with Crippen LogP contribution >= 0.6 is 11.6 Å². The molecule has 174 valence electrons. The minimum absolute atomic E-state index is 0.132. The number of nitrogens with one attached hydrogen (secondary N) is 1. The van der Waals surface area contributed by atoms with E-state index in [4.69, 9.17) is 17.3 Å². The van der Waals surface area contributed by atoms with E-state index in [-0.39, 0.29) is 23.2 Å². The minimum atomic E-state index is -0.653. The van der Waals surface area contributed by atoms with Crippen LogP contribution in [0.1, 0.15) is 46.6 Å². The molecule has 1 aliphatic rings. The largest absolute Gasteiger partial charge is 0.373 e. The summed E-state index contributed by atoms with van der Waals surface area (Å²) >= 11 is 6.50. The van der Waals surface area contributed by atoms with Crippen LogP contribution in [0.3, 0.4) is 0 Å². The molecule has 3 aromatic rings. The van der Waals surface area contributed by atoms with E-state index in [1.54, 1.807) is 28.9 Å². The maximum atomic E-state index is 12.3. The highest BCUT2D eigenvalue weighted by molar-refractivity contribution is 6.32. The third kappa shape index (κ3) is 4.20. The van der Waals surface area contributed by atoms with E-state index in [1.807, 2.05) is 13.0 Å². The van der Waals surface area contributed by atoms with E-state index in [0.29, 0.717) is 41.4 Å². The lowest BCUT2D eigenvalue weighted by atomic mass is 10.1. The summed E-state index contributed by atoms with van der Waals surface area (Å²) in [5.74, 6) is 5.62. The molecule has 1 fully saturated rings. The number of likely N-dealkylation sites (tertiary alicyclic amines) is 1. The number of nitrogens with zero attached hydrogens (tertiary/aromatic N) is 5. The Labute approximate surface area is 202 Å². The predicted octanol–water partition coefficient (Wildman–Crippen LogP) is 2.54. The van der Waals surface area contributed by atoms with Gasteiger partial charge in [0, 0.05) is 31.1 Å². The van der Waals surface area contributed by atoms with Gasteiger partial charge in [0.25, 0.3) is 5.91 Å². The van der Waals surface area contributed by atoms with Gasteiger partial charge in [0.15, 0.2) is 5.69 Å². The lowest BCUT2D eigenvalue weighted by molar-refractivity contribution is -0.125. The number of benzene rings is 1. The summed E-state index contributed by atoms with van der Waals surface area (Å²) in [5, 5.41) is 17.2. The van der Waals surface area contributed by atoms with Gasteiger partial charge in [-0.1, -0.05) is 31.0 Å². The molecule has 0 aliphatic carbocycles. The molecule has 0 bridgehead atoms. The van der Waals surface area contributed by atoms with E-state index in [9.17, 15) is 9.59 Å². The molecule has 2 amide bonds. The number of halogens is 1. The van der Waals surface area contributed by atoms with Crippen LogP contribution in [0, 0.1) is 11.8 Å². The van der Waals surface area contributed by atoms with Gasteiger partial charge in [-0.2, -0.15) is 15.3 Å². The molecule has 0 spiro atoms. The Bertz CT molecular complexity index is 1370.